The van der Waals surface area contributed by atoms with Crippen LogP contribution in [-0.2, 0) is 6.18 Å². The monoisotopic (exact) mass is 313 g/mol. The highest BCUT2D eigenvalue weighted by molar-refractivity contribution is 9.09. The van der Waals surface area contributed by atoms with Gasteiger partial charge in [-0.05, 0) is 18.6 Å². The average molecular weight is 314 g/mol. The first kappa shape index (κ1) is 14.4. The van der Waals surface area contributed by atoms with Gasteiger partial charge in [0.05, 0.1) is 11.8 Å². The van der Waals surface area contributed by atoms with Crippen LogP contribution < -0.4 is 0 Å². The van der Waals surface area contributed by atoms with Crippen LogP contribution in [0.15, 0.2) is 18.2 Å². The molecule has 0 bridgehead atoms. The SMILES string of the molecule is OC(CCBr)C(O)c1cccc(C(F)(F)F)n1. The standard InChI is InChI=1S/C10H11BrF3NO2/c11-5-4-7(16)9(17)6-2-1-3-8(15-6)10(12,13)14/h1-3,7,9,16-17H,4-5H2. The van der Waals surface area contributed by atoms with Crippen molar-refractivity contribution < 1.29 is 23.4 Å². The first-order valence-electron chi connectivity index (χ1n) is 4.82. The zero-order valence-electron chi connectivity index (χ0n) is 8.65. The molecule has 0 saturated carbocycles. The molecule has 96 valence electrons. The third-order valence-corrected chi connectivity index (χ3v) is 2.59. The predicted molar refractivity (Wildman–Crippen MR) is 58.6 cm³/mol. The molecule has 0 spiro atoms. The van der Waals surface area contributed by atoms with Crippen molar-refractivity contribution >= 4 is 15.9 Å². The predicted octanol–water partition coefficient (Wildman–Crippen LogP) is 2.28. The molecule has 17 heavy (non-hydrogen) atoms. The lowest BCUT2D eigenvalue weighted by Gasteiger charge is -2.17. The largest absolute Gasteiger partial charge is 0.433 e. The van der Waals surface area contributed by atoms with Crippen LogP contribution in [0.4, 0.5) is 13.2 Å². The Morgan fingerprint density at radius 1 is 1.29 bits per heavy atom. The van der Waals surface area contributed by atoms with Crippen molar-refractivity contribution in [1.82, 2.24) is 4.98 Å². The van der Waals surface area contributed by atoms with Crippen molar-refractivity contribution in [3.05, 3.63) is 29.6 Å². The summed E-state index contributed by atoms with van der Waals surface area (Å²) in [6.45, 7) is 0. The summed E-state index contributed by atoms with van der Waals surface area (Å²) in [5.74, 6) is 0. The molecule has 0 amide bonds. The number of halogens is 4. The molecule has 0 aliphatic heterocycles. The van der Waals surface area contributed by atoms with Gasteiger partial charge >= 0.3 is 6.18 Å². The topological polar surface area (TPSA) is 53.4 Å². The number of pyridine rings is 1. The molecule has 2 unspecified atom stereocenters. The minimum Gasteiger partial charge on any atom is -0.390 e. The van der Waals surface area contributed by atoms with Gasteiger partial charge in [0.2, 0.25) is 0 Å². The molecular weight excluding hydrogens is 303 g/mol. The molecule has 1 aromatic heterocycles. The summed E-state index contributed by atoms with van der Waals surface area (Å²) in [4.78, 5) is 3.30. The van der Waals surface area contributed by atoms with Crippen LogP contribution in [0.25, 0.3) is 0 Å². The summed E-state index contributed by atoms with van der Waals surface area (Å²) in [7, 11) is 0. The lowest BCUT2D eigenvalue weighted by Crippen LogP contribution is -2.21. The van der Waals surface area contributed by atoms with E-state index in [1.807, 2.05) is 0 Å². The van der Waals surface area contributed by atoms with Crippen LogP contribution in [0.1, 0.15) is 23.9 Å². The quantitative estimate of drug-likeness (QED) is 0.839. The Morgan fingerprint density at radius 2 is 1.94 bits per heavy atom. The summed E-state index contributed by atoms with van der Waals surface area (Å²) in [5, 5.41) is 19.5. The van der Waals surface area contributed by atoms with Crippen LogP contribution in [0.5, 0.6) is 0 Å². The fourth-order valence-electron chi connectivity index (χ4n) is 1.24. The molecule has 0 aromatic carbocycles. The number of aliphatic hydroxyl groups excluding tert-OH is 2. The first-order chi connectivity index (χ1) is 7.86. The van der Waals surface area contributed by atoms with Gasteiger partial charge in [-0.25, -0.2) is 4.98 Å². The molecule has 3 nitrogen and oxygen atoms in total. The van der Waals surface area contributed by atoms with Crippen molar-refractivity contribution in [2.24, 2.45) is 0 Å². The number of aliphatic hydroxyl groups is 2. The maximum Gasteiger partial charge on any atom is 0.433 e. The van der Waals surface area contributed by atoms with Crippen molar-refractivity contribution in [3.63, 3.8) is 0 Å². The zero-order chi connectivity index (χ0) is 13.1. The normalized spacial score (nSPS) is 15.6. The Labute approximate surface area is 104 Å². The number of alkyl halides is 4. The molecule has 0 radical (unpaired) electrons. The van der Waals surface area contributed by atoms with Crippen LogP contribution in [0.3, 0.4) is 0 Å². The molecule has 2 atom stereocenters. The summed E-state index contributed by atoms with van der Waals surface area (Å²) >= 11 is 3.07. The van der Waals surface area contributed by atoms with Crippen LogP contribution >= 0.6 is 15.9 Å². The second-order valence-electron chi connectivity index (χ2n) is 3.44. The van der Waals surface area contributed by atoms with E-state index in [9.17, 15) is 23.4 Å². The first-order valence-corrected chi connectivity index (χ1v) is 5.94. The summed E-state index contributed by atoms with van der Waals surface area (Å²) < 4.78 is 37.1. The van der Waals surface area contributed by atoms with Gasteiger partial charge in [-0.3, -0.25) is 0 Å². The van der Waals surface area contributed by atoms with Gasteiger partial charge in [0.1, 0.15) is 11.8 Å². The smallest absolute Gasteiger partial charge is 0.390 e. The van der Waals surface area contributed by atoms with E-state index in [1.54, 1.807) is 0 Å². The number of hydrogen-bond donors (Lipinski definition) is 2. The molecule has 0 aliphatic carbocycles. The van der Waals surface area contributed by atoms with Crippen molar-refractivity contribution in [2.45, 2.75) is 24.8 Å². The van der Waals surface area contributed by atoms with Crippen LogP contribution in [0.2, 0.25) is 0 Å². The highest BCUT2D eigenvalue weighted by Gasteiger charge is 2.33. The van der Waals surface area contributed by atoms with Gasteiger partial charge in [-0.1, -0.05) is 22.0 Å². The third kappa shape index (κ3) is 3.93. The maximum absolute atomic E-state index is 12.4. The maximum atomic E-state index is 12.4. The lowest BCUT2D eigenvalue weighted by molar-refractivity contribution is -0.141. The highest BCUT2D eigenvalue weighted by Crippen LogP contribution is 2.29. The number of aromatic nitrogens is 1. The third-order valence-electron chi connectivity index (χ3n) is 2.13. The second-order valence-corrected chi connectivity index (χ2v) is 4.23. The number of hydrogen-bond acceptors (Lipinski definition) is 3. The van der Waals surface area contributed by atoms with Gasteiger partial charge in [-0.15, -0.1) is 0 Å². The molecular formula is C10H11BrF3NO2. The van der Waals surface area contributed by atoms with E-state index in [-0.39, 0.29) is 12.1 Å². The lowest BCUT2D eigenvalue weighted by atomic mass is 10.1. The fourth-order valence-corrected chi connectivity index (χ4v) is 1.71. The molecule has 0 saturated heterocycles. The molecule has 1 heterocycles. The molecule has 0 fully saturated rings. The fraction of sp³-hybridized carbons (Fsp3) is 0.500. The van der Waals surface area contributed by atoms with E-state index in [0.717, 1.165) is 12.1 Å². The van der Waals surface area contributed by atoms with E-state index in [1.165, 1.54) is 6.07 Å². The number of rotatable bonds is 4. The van der Waals surface area contributed by atoms with Crippen LogP contribution in [-0.4, -0.2) is 26.6 Å². The minimum atomic E-state index is -4.56. The Morgan fingerprint density at radius 3 is 2.47 bits per heavy atom. The zero-order valence-corrected chi connectivity index (χ0v) is 10.2. The van der Waals surface area contributed by atoms with E-state index in [4.69, 9.17) is 0 Å². The van der Waals surface area contributed by atoms with E-state index >= 15 is 0 Å². The molecule has 2 N–H and O–H groups in total. The molecule has 0 aliphatic rings. The van der Waals surface area contributed by atoms with Crippen molar-refractivity contribution in [2.75, 3.05) is 5.33 Å². The van der Waals surface area contributed by atoms with Crippen molar-refractivity contribution in [1.29, 1.82) is 0 Å². The van der Waals surface area contributed by atoms with Gasteiger partial charge in [-0.2, -0.15) is 13.2 Å². The molecule has 1 rings (SSSR count). The second kappa shape index (κ2) is 5.79. The summed E-state index contributed by atoms with van der Waals surface area (Å²) in [5.41, 5.74) is -1.27. The highest BCUT2D eigenvalue weighted by atomic mass is 79.9. The summed E-state index contributed by atoms with van der Waals surface area (Å²) in [6, 6.07) is 3.21. The van der Waals surface area contributed by atoms with Crippen molar-refractivity contribution in [3.8, 4) is 0 Å². The molecule has 1 aromatic rings. The Bertz CT molecular complexity index is 373. The van der Waals surface area contributed by atoms with E-state index < -0.39 is 24.1 Å². The average Bonchev–Trinajstić information content (AvgIpc) is 2.27. The van der Waals surface area contributed by atoms with Gasteiger partial charge < -0.3 is 10.2 Å². The molecule has 7 heteroatoms. The van der Waals surface area contributed by atoms with Gasteiger partial charge in [0.15, 0.2) is 0 Å². The Hall–Kier alpha value is -0.660. The van der Waals surface area contributed by atoms with Gasteiger partial charge in [0.25, 0.3) is 0 Å². The van der Waals surface area contributed by atoms with E-state index in [2.05, 4.69) is 20.9 Å². The Kier molecular flexibility index (Phi) is 4.91. The number of nitrogens with zero attached hydrogens (tertiary/aromatic N) is 1. The van der Waals surface area contributed by atoms with Crippen LogP contribution in [0, 0.1) is 0 Å². The van der Waals surface area contributed by atoms with Gasteiger partial charge in [0, 0.05) is 5.33 Å². The summed E-state index contributed by atoms with van der Waals surface area (Å²) in [6.07, 6.45) is -6.91. The van der Waals surface area contributed by atoms with E-state index in [0.29, 0.717) is 5.33 Å². The minimum absolute atomic E-state index is 0.187. The Balaban J connectivity index is 2.92.